The highest BCUT2D eigenvalue weighted by Crippen LogP contribution is 2.48. The zero-order chi connectivity index (χ0) is 11.6. The van der Waals surface area contributed by atoms with Gasteiger partial charge in [-0.25, -0.2) is 0 Å². The number of carbonyl (C=O) groups is 1. The van der Waals surface area contributed by atoms with Crippen molar-refractivity contribution in [2.75, 3.05) is 18.5 Å². The van der Waals surface area contributed by atoms with Gasteiger partial charge in [0, 0.05) is 18.5 Å². The van der Waals surface area contributed by atoms with Gasteiger partial charge in [-0.1, -0.05) is 15.9 Å². The van der Waals surface area contributed by atoms with Gasteiger partial charge in [-0.15, -0.1) is 0 Å². The Morgan fingerprint density at radius 2 is 2.19 bits per heavy atom. The molecule has 0 aromatic heterocycles. The molecule has 2 rings (SSSR count). The first-order valence-electron chi connectivity index (χ1n) is 6.09. The van der Waals surface area contributed by atoms with Crippen LogP contribution in [0.4, 0.5) is 0 Å². The van der Waals surface area contributed by atoms with Crippen molar-refractivity contribution in [3.05, 3.63) is 0 Å². The summed E-state index contributed by atoms with van der Waals surface area (Å²) in [5, 5.41) is 4.09. The standard InChI is InChI=1S/C12H20BrNO2/c1-11(3-2-8-16-11)10(15)14-9-12(4-5-12)6-7-13/h2-9H2,1H3,(H,14,15). The minimum atomic E-state index is -0.565. The van der Waals surface area contributed by atoms with E-state index >= 15 is 0 Å². The van der Waals surface area contributed by atoms with Crippen LogP contribution in [0, 0.1) is 5.41 Å². The fourth-order valence-electron chi connectivity index (χ4n) is 2.31. The molecule has 3 nitrogen and oxygen atoms in total. The van der Waals surface area contributed by atoms with E-state index in [1.165, 1.54) is 12.8 Å². The molecule has 1 unspecified atom stereocenters. The number of halogens is 1. The fraction of sp³-hybridized carbons (Fsp3) is 0.917. The smallest absolute Gasteiger partial charge is 0.251 e. The summed E-state index contributed by atoms with van der Waals surface area (Å²) in [6.07, 6.45) is 5.50. The SMILES string of the molecule is CC1(C(=O)NCC2(CCBr)CC2)CCCO1. The molecule has 0 bridgehead atoms. The van der Waals surface area contributed by atoms with Crippen molar-refractivity contribution in [2.45, 2.75) is 44.6 Å². The Morgan fingerprint density at radius 3 is 2.69 bits per heavy atom. The summed E-state index contributed by atoms with van der Waals surface area (Å²) in [6, 6.07) is 0. The van der Waals surface area contributed by atoms with E-state index < -0.39 is 5.60 Å². The predicted molar refractivity (Wildman–Crippen MR) is 66.7 cm³/mol. The quantitative estimate of drug-likeness (QED) is 0.789. The molecule has 2 fully saturated rings. The van der Waals surface area contributed by atoms with Crippen molar-refractivity contribution in [3.8, 4) is 0 Å². The van der Waals surface area contributed by atoms with Crippen molar-refractivity contribution < 1.29 is 9.53 Å². The van der Waals surface area contributed by atoms with E-state index in [1.54, 1.807) is 0 Å². The van der Waals surface area contributed by atoms with Crippen LogP contribution in [0.15, 0.2) is 0 Å². The number of rotatable bonds is 5. The van der Waals surface area contributed by atoms with Gasteiger partial charge in [-0.3, -0.25) is 4.79 Å². The third-order valence-corrected chi connectivity index (χ3v) is 4.30. The average Bonchev–Trinajstić information content (AvgIpc) is 2.88. The molecule has 1 N–H and O–H groups in total. The summed E-state index contributed by atoms with van der Waals surface area (Å²) in [6.45, 7) is 3.44. The van der Waals surface area contributed by atoms with E-state index in [0.717, 1.165) is 37.7 Å². The van der Waals surface area contributed by atoms with Crippen molar-refractivity contribution in [1.82, 2.24) is 5.32 Å². The van der Waals surface area contributed by atoms with Crippen LogP contribution in [0.2, 0.25) is 0 Å². The maximum Gasteiger partial charge on any atom is 0.251 e. The minimum Gasteiger partial charge on any atom is -0.365 e. The van der Waals surface area contributed by atoms with Crippen LogP contribution in [-0.2, 0) is 9.53 Å². The zero-order valence-electron chi connectivity index (χ0n) is 9.85. The molecule has 1 aliphatic heterocycles. The highest BCUT2D eigenvalue weighted by atomic mass is 79.9. The number of nitrogens with one attached hydrogen (secondary N) is 1. The number of ether oxygens (including phenoxy) is 1. The van der Waals surface area contributed by atoms with E-state index in [0.29, 0.717) is 5.41 Å². The van der Waals surface area contributed by atoms with Crippen molar-refractivity contribution in [2.24, 2.45) is 5.41 Å². The number of carbonyl (C=O) groups excluding carboxylic acids is 1. The normalized spacial score (nSPS) is 31.4. The van der Waals surface area contributed by atoms with E-state index in [-0.39, 0.29) is 5.91 Å². The Kier molecular flexibility index (Phi) is 3.59. The highest BCUT2D eigenvalue weighted by molar-refractivity contribution is 9.09. The summed E-state index contributed by atoms with van der Waals surface area (Å²) in [5.41, 5.74) is -0.182. The third-order valence-electron chi connectivity index (χ3n) is 3.90. The van der Waals surface area contributed by atoms with Crippen molar-refractivity contribution in [3.63, 3.8) is 0 Å². The fourth-order valence-corrected chi connectivity index (χ4v) is 3.15. The van der Waals surface area contributed by atoms with Gasteiger partial charge in [0.2, 0.25) is 0 Å². The molecule has 0 aromatic carbocycles. The first kappa shape index (κ1) is 12.4. The van der Waals surface area contributed by atoms with Gasteiger partial charge >= 0.3 is 0 Å². The van der Waals surface area contributed by atoms with Crippen LogP contribution in [-0.4, -0.2) is 30.0 Å². The minimum absolute atomic E-state index is 0.0749. The summed E-state index contributed by atoms with van der Waals surface area (Å²) < 4.78 is 5.53. The topological polar surface area (TPSA) is 38.3 Å². The van der Waals surface area contributed by atoms with Gasteiger partial charge in [-0.2, -0.15) is 0 Å². The summed E-state index contributed by atoms with van der Waals surface area (Å²) in [7, 11) is 0. The lowest BCUT2D eigenvalue weighted by Gasteiger charge is -2.24. The highest BCUT2D eigenvalue weighted by Gasteiger charge is 2.44. The molecule has 16 heavy (non-hydrogen) atoms. The average molecular weight is 290 g/mol. The van der Waals surface area contributed by atoms with Gasteiger partial charge in [0.1, 0.15) is 5.60 Å². The molecular formula is C12H20BrNO2. The molecule has 0 radical (unpaired) electrons. The van der Waals surface area contributed by atoms with E-state index in [4.69, 9.17) is 4.74 Å². The molecule has 0 aromatic rings. The Balaban J connectivity index is 1.79. The first-order chi connectivity index (χ1) is 7.60. The number of alkyl halides is 1. The second kappa shape index (κ2) is 4.65. The molecule has 2 aliphatic rings. The summed E-state index contributed by atoms with van der Waals surface area (Å²) in [5.74, 6) is 0.0749. The molecular weight excluding hydrogens is 270 g/mol. The molecule has 1 aliphatic carbocycles. The van der Waals surface area contributed by atoms with Gasteiger partial charge < -0.3 is 10.1 Å². The third kappa shape index (κ3) is 2.59. The van der Waals surface area contributed by atoms with Crippen molar-refractivity contribution in [1.29, 1.82) is 0 Å². The zero-order valence-corrected chi connectivity index (χ0v) is 11.4. The number of amides is 1. The van der Waals surface area contributed by atoms with E-state index in [1.807, 2.05) is 6.92 Å². The van der Waals surface area contributed by atoms with Gasteiger partial charge in [0.25, 0.3) is 5.91 Å². The predicted octanol–water partition coefficient (Wildman–Crippen LogP) is 2.24. The van der Waals surface area contributed by atoms with Crippen LogP contribution < -0.4 is 5.32 Å². The molecule has 1 amide bonds. The molecule has 92 valence electrons. The Morgan fingerprint density at radius 1 is 1.44 bits per heavy atom. The first-order valence-corrected chi connectivity index (χ1v) is 7.21. The van der Waals surface area contributed by atoms with Gasteiger partial charge in [0.05, 0.1) is 0 Å². The summed E-state index contributed by atoms with van der Waals surface area (Å²) in [4.78, 5) is 12.0. The van der Waals surface area contributed by atoms with Gasteiger partial charge in [-0.05, 0) is 44.4 Å². The number of hydrogen-bond donors (Lipinski definition) is 1. The van der Waals surface area contributed by atoms with Gasteiger partial charge in [0.15, 0.2) is 0 Å². The Bertz CT molecular complexity index is 270. The maximum absolute atomic E-state index is 12.0. The van der Waals surface area contributed by atoms with Crippen LogP contribution in [0.3, 0.4) is 0 Å². The lowest BCUT2D eigenvalue weighted by molar-refractivity contribution is -0.139. The molecule has 0 spiro atoms. The number of hydrogen-bond acceptors (Lipinski definition) is 2. The van der Waals surface area contributed by atoms with Crippen LogP contribution in [0.5, 0.6) is 0 Å². The molecule has 4 heteroatoms. The molecule has 1 saturated carbocycles. The summed E-state index contributed by atoms with van der Waals surface area (Å²) >= 11 is 3.47. The van der Waals surface area contributed by atoms with E-state index in [2.05, 4.69) is 21.2 Å². The lowest BCUT2D eigenvalue weighted by Crippen LogP contribution is -2.45. The Labute approximate surface area is 105 Å². The van der Waals surface area contributed by atoms with E-state index in [9.17, 15) is 4.79 Å². The molecule has 1 atom stereocenters. The monoisotopic (exact) mass is 289 g/mol. The van der Waals surface area contributed by atoms with Crippen molar-refractivity contribution >= 4 is 21.8 Å². The Hall–Kier alpha value is -0.0900. The van der Waals surface area contributed by atoms with Crippen LogP contribution >= 0.6 is 15.9 Å². The molecule has 1 saturated heterocycles. The maximum atomic E-state index is 12.0. The molecule has 1 heterocycles. The lowest BCUT2D eigenvalue weighted by atomic mass is 10.00. The largest absolute Gasteiger partial charge is 0.365 e. The van der Waals surface area contributed by atoms with Crippen LogP contribution in [0.1, 0.15) is 39.0 Å². The van der Waals surface area contributed by atoms with Crippen LogP contribution in [0.25, 0.3) is 0 Å². The second-order valence-corrected chi connectivity index (χ2v) is 6.10. The second-order valence-electron chi connectivity index (χ2n) is 5.30.